The highest BCUT2D eigenvalue weighted by atomic mass is 19.2. The van der Waals surface area contributed by atoms with Crippen LogP contribution in [0.25, 0.3) is 0 Å². The van der Waals surface area contributed by atoms with Gasteiger partial charge in [0.25, 0.3) is 5.91 Å². The maximum atomic E-state index is 13.5. The van der Waals surface area contributed by atoms with Gasteiger partial charge >= 0.3 is 0 Å². The molecule has 0 aliphatic carbocycles. The monoisotopic (exact) mass is 323 g/mol. The fourth-order valence-electron chi connectivity index (χ4n) is 2.07. The van der Waals surface area contributed by atoms with Crippen molar-refractivity contribution in [2.75, 3.05) is 6.54 Å². The second-order valence-electron chi connectivity index (χ2n) is 5.11. The summed E-state index contributed by atoms with van der Waals surface area (Å²) in [5.41, 5.74) is 6.27. The quantitative estimate of drug-likeness (QED) is 0.801. The number of hydrogen-bond donors (Lipinski definition) is 2. The molecule has 4 nitrogen and oxygen atoms in total. The molecular formula is C16H16F3N3O. The molecule has 0 fully saturated rings. The molecule has 1 aromatic heterocycles. The summed E-state index contributed by atoms with van der Waals surface area (Å²) in [7, 11) is 0. The summed E-state index contributed by atoms with van der Waals surface area (Å²) in [4.78, 5) is 15.6. The van der Waals surface area contributed by atoms with E-state index < -0.39 is 23.5 Å². The lowest BCUT2D eigenvalue weighted by Gasteiger charge is -2.13. The molecule has 0 aliphatic rings. The van der Waals surface area contributed by atoms with Crippen molar-refractivity contribution in [3.8, 4) is 0 Å². The summed E-state index contributed by atoms with van der Waals surface area (Å²) in [6.07, 6.45) is 3.41. The van der Waals surface area contributed by atoms with Crippen molar-refractivity contribution in [2.24, 2.45) is 5.73 Å². The standard InChI is InChI=1S/C16H16F3N3O/c17-13-8-15(19)14(18)7-11(13)6-12(20)3-5-22-16(23)10-2-1-4-21-9-10/h1-2,4,7-9,12H,3,5-6,20H2,(H,22,23)/t12-/m0/s1. The Balaban J connectivity index is 1.83. The Morgan fingerprint density at radius 1 is 1.22 bits per heavy atom. The molecule has 122 valence electrons. The smallest absolute Gasteiger partial charge is 0.252 e. The van der Waals surface area contributed by atoms with Gasteiger partial charge in [-0.2, -0.15) is 0 Å². The van der Waals surface area contributed by atoms with Crippen molar-refractivity contribution in [1.29, 1.82) is 0 Å². The highest BCUT2D eigenvalue weighted by Crippen LogP contribution is 2.15. The lowest BCUT2D eigenvalue weighted by atomic mass is 10.0. The summed E-state index contributed by atoms with van der Waals surface area (Å²) >= 11 is 0. The van der Waals surface area contributed by atoms with E-state index in [9.17, 15) is 18.0 Å². The summed E-state index contributed by atoms with van der Waals surface area (Å²) < 4.78 is 39.5. The Morgan fingerprint density at radius 3 is 2.65 bits per heavy atom. The van der Waals surface area contributed by atoms with Gasteiger partial charge in [-0.3, -0.25) is 9.78 Å². The van der Waals surface area contributed by atoms with E-state index in [-0.39, 0.29) is 24.4 Å². The average Bonchev–Trinajstić information content (AvgIpc) is 2.53. The lowest BCUT2D eigenvalue weighted by molar-refractivity contribution is 0.0952. The normalized spacial score (nSPS) is 12.0. The SMILES string of the molecule is N[C@@H](CCNC(=O)c1cccnc1)Cc1cc(F)c(F)cc1F. The molecule has 0 spiro atoms. The third kappa shape index (κ3) is 4.79. The number of aromatic nitrogens is 1. The molecule has 0 bridgehead atoms. The number of pyridine rings is 1. The Bertz CT molecular complexity index is 680. The summed E-state index contributed by atoms with van der Waals surface area (Å²) in [6.45, 7) is 0.278. The minimum Gasteiger partial charge on any atom is -0.352 e. The first-order valence-electron chi connectivity index (χ1n) is 7.04. The highest BCUT2D eigenvalue weighted by Gasteiger charge is 2.13. The van der Waals surface area contributed by atoms with E-state index >= 15 is 0 Å². The fraction of sp³-hybridized carbons (Fsp3) is 0.250. The Morgan fingerprint density at radius 2 is 1.96 bits per heavy atom. The second kappa shape index (κ2) is 7.73. The highest BCUT2D eigenvalue weighted by molar-refractivity contribution is 5.93. The van der Waals surface area contributed by atoms with E-state index in [1.165, 1.54) is 6.20 Å². The van der Waals surface area contributed by atoms with Gasteiger partial charge in [0.05, 0.1) is 5.56 Å². The molecule has 0 radical (unpaired) electrons. The zero-order valence-corrected chi connectivity index (χ0v) is 12.2. The van der Waals surface area contributed by atoms with Crippen molar-refractivity contribution in [3.63, 3.8) is 0 Å². The van der Waals surface area contributed by atoms with E-state index in [4.69, 9.17) is 5.73 Å². The maximum absolute atomic E-state index is 13.5. The summed E-state index contributed by atoms with van der Waals surface area (Å²) in [5, 5.41) is 2.66. The number of nitrogens with zero attached hydrogens (tertiary/aromatic N) is 1. The molecule has 0 saturated heterocycles. The van der Waals surface area contributed by atoms with Crippen LogP contribution in [0.1, 0.15) is 22.3 Å². The fourth-order valence-corrected chi connectivity index (χ4v) is 2.07. The zero-order valence-electron chi connectivity index (χ0n) is 12.2. The first-order chi connectivity index (χ1) is 11.0. The summed E-state index contributed by atoms with van der Waals surface area (Å²) in [6, 6.07) is 4.08. The molecule has 1 heterocycles. The van der Waals surface area contributed by atoms with Crippen LogP contribution in [0, 0.1) is 17.5 Å². The van der Waals surface area contributed by atoms with Crippen LogP contribution in [0.2, 0.25) is 0 Å². The predicted molar refractivity (Wildman–Crippen MR) is 79.2 cm³/mol. The second-order valence-corrected chi connectivity index (χ2v) is 5.11. The molecule has 0 unspecified atom stereocenters. The minimum atomic E-state index is -1.23. The third-order valence-electron chi connectivity index (χ3n) is 3.30. The Labute approximate surface area is 131 Å². The van der Waals surface area contributed by atoms with Gasteiger partial charge in [-0.15, -0.1) is 0 Å². The third-order valence-corrected chi connectivity index (χ3v) is 3.30. The molecule has 7 heteroatoms. The van der Waals surface area contributed by atoms with E-state index in [1.54, 1.807) is 18.3 Å². The molecule has 23 heavy (non-hydrogen) atoms. The average molecular weight is 323 g/mol. The maximum Gasteiger partial charge on any atom is 0.252 e. The molecule has 0 saturated carbocycles. The number of rotatable bonds is 6. The molecule has 3 N–H and O–H groups in total. The van der Waals surface area contributed by atoms with Gasteiger partial charge in [0.1, 0.15) is 5.82 Å². The Kier molecular flexibility index (Phi) is 5.70. The van der Waals surface area contributed by atoms with Gasteiger partial charge in [-0.05, 0) is 36.6 Å². The first kappa shape index (κ1) is 17.0. The van der Waals surface area contributed by atoms with Crippen molar-refractivity contribution in [3.05, 3.63) is 65.2 Å². The Hall–Kier alpha value is -2.41. The molecular weight excluding hydrogens is 307 g/mol. The zero-order chi connectivity index (χ0) is 16.8. The number of carbonyl (C=O) groups is 1. The largest absolute Gasteiger partial charge is 0.352 e. The molecule has 1 amide bonds. The number of halogens is 3. The van der Waals surface area contributed by atoms with E-state index in [1.807, 2.05) is 0 Å². The van der Waals surface area contributed by atoms with Crippen LogP contribution in [-0.2, 0) is 6.42 Å². The van der Waals surface area contributed by atoms with Crippen molar-refractivity contribution in [2.45, 2.75) is 18.9 Å². The van der Waals surface area contributed by atoms with Gasteiger partial charge in [0.2, 0.25) is 0 Å². The van der Waals surface area contributed by atoms with Crippen molar-refractivity contribution >= 4 is 5.91 Å². The van der Waals surface area contributed by atoms with Gasteiger partial charge in [-0.25, -0.2) is 13.2 Å². The van der Waals surface area contributed by atoms with Crippen LogP contribution in [0.5, 0.6) is 0 Å². The number of benzene rings is 1. The van der Waals surface area contributed by atoms with E-state index in [0.717, 1.165) is 6.07 Å². The molecule has 1 aromatic carbocycles. The van der Waals surface area contributed by atoms with Crippen LogP contribution in [0.3, 0.4) is 0 Å². The van der Waals surface area contributed by atoms with Crippen LogP contribution in [-0.4, -0.2) is 23.5 Å². The molecule has 2 rings (SSSR count). The van der Waals surface area contributed by atoms with Gasteiger partial charge in [0.15, 0.2) is 11.6 Å². The lowest BCUT2D eigenvalue weighted by Crippen LogP contribution is -2.31. The van der Waals surface area contributed by atoms with Crippen molar-refractivity contribution < 1.29 is 18.0 Å². The molecule has 2 aromatic rings. The summed E-state index contributed by atoms with van der Waals surface area (Å²) in [5.74, 6) is -3.47. The number of nitrogens with two attached hydrogens (primary N) is 1. The van der Waals surface area contributed by atoms with E-state index in [2.05, 4.69) is 10.3 Å². The molecule has 1 atom stereocenters. The molecule has 0 aliphatic heterocycles. The van der Waals surface area contributed by atoms with Gasteiger partial charge < -0.3 is 11.1 Å². The number of carbonyl (C=O) groups excluding carboxylic acids is 1. The van der Waals surface area contributed by atoms with Gasteiger partial charge in [0, 0.05) is 31.0 Å². The van der Waals surface area contributed by atoms with E-state index in [0.29, 0.717) is 18.1 Å². The van der Waals surface area contributed by atoms with Crippen LogP contribution in [0.15, 0.2) is 36.7 Å². The van der Waals surface area contributed by atoms with Gasteiger partial charge in [-0.1, -0.05) is 0 Å². The topological polar surface area (TPSA) is 68.0 Å². The number of amides is 1. The number of nitrogens with one attached hydrogen (secondary N) is 1. The minimum absolute atomic E-state index is 0.00925. The van der Waals surface area contributed by atoms with Crippen LogP contribution < -0.4 is 11.1 Å². The first-order valence-corrected chi connectivity index (χ1v) is 7.04. The number of hydrogen-bond acceptors (Lipinski definition) is 3. The van der Waals surface area contributed by atoms with Crippen LogP contribution in [0.4, 0.5) is 13.2 Å². The van der Waals surface area contributed by atoms with Crippen LogP contribution >= 0.6 is 0 Å². The predicted octanol–water partition coefficient (Wildman–Crippen LogP) is 2.19. The van der Waals surface area contributed by atoms with Crippen molar-refractivity contribution in [1.82, 2.24) is 10.3 Å².